The largest absolute Gasteiger partial charge is 0.497 e. The van der Waals surface area contributed by atoms with Gasteiger partial charge in [0.25, 0.3) is 0 Å². The van der Waals surface area contributed by atoms with Crippen LogP contribution in [0.15, 0.2) is 36.9 Å². The Hall–Kier alpha value is -1.97. The summed E-state index contributed by atoms with van der Waals surface area (Å²) in [6.07, 6.45) is 5.01. The van der Waals surface area contributed by atoms with E-state index >= 15 is 0 Å². The molecule has 2 rings (SSSR count). The van der Waals surface area contributed by atoms with Gasteiger partial charge >= 0.3 is 0 Å². The molecule has 0 spiro atoms. The van der Waals surface area contributed by atoms with Crippen LogP contribution in [0.25, 0.3) is 0 Å². The van der Waals surface area contributed by atoms with Crippen molar-refractivity contribution in [2.75, 3.05) is 25.6 Å². The van der Waals surface area contributed by atoms with E-state index in [0.29, 0.717) is 11.8 Å². The van der Waals surface area contributed by atoms with Crippen LogP contribution in [0, 0.1) is 17.3 Å². The molecule has 150 valence electrons. The summed E-state index contributed by atoms with van der Waals surface area (Å²) in [7, 11) is 3.78. The molecule has 0 heterocycles. The van der Waals surface area contributed by atoms with E-state index in [1.165, 1.54) is 0 Å². The molecule has 1 saturated carbocycles. The molecule has 1 aliphatic carbocycles. The Morgan fingerprint density at radius 3 is 2.48 bits per heavy atom. The summed E-state index contributed by atoms with van der Waals surface area (Å²) in [4.78, 5) is 15.5. The van der Waals surface area contributed by atoms with E-state index in [2.05, 4.69) is 42.9 Å². The predicted octanol–water partition coefficient (Wildman–Crippen LogP) is 4.65. The lowest BCUT2D eigenvalue weighted by Gasteiger charge is -2.45. The molecule has 1 N–H and O–H groups in total. The summed E-state index contributed by atoms with van der Waals surface area (Å²) in [5, 5.41) is 3.22. The van der Waals surface area contributed by atoms with E-state index in [-0.39, 0.29) is 11.4 Å². The van der Waals surface area contributed by atoms with Gasteiger partial charge in [-0.2, -0.15) is 0 Å². The molecular weight excluding hydrogens is 336 g/mol. The average Bonchev–Trinajstić information content (AvgIpc) is 2.62. The Morgan fingerprint density at radius 2 is 1.96 bits per heavy atom. The van der Waals surface area contributed by atoms with Crippen LogP contribution in [0.2, 0.25) is 0 Å². The third-order valence-corrected chi connectivity index (χ3v) is 5.82. The number of hydrogen-bond donors (Lipinski definition) is 1. The summed E-state index contributed by atoms with van der Waals surface area (Å²) in [5.41, 5.74) is 0.513. The molecule has 27 heavy (non-hydrogen) atoms. The first-order chi connectivity index (χ1) is 12.6. The highest BCUT2D eigenvalue weighted by Gasteiger charge is 2.46. The molecule has 0 unspecified atom stereocenters. The number of benzene rings is 1. The fourth-order valence-electron chi connectivity index (χ4n) is 4.08. The van der Waals surface area contributed by atoms with Gasteiger partial charge < -0.3 is 15.0 Å². The molecule has 1 aliphatic rings. The number of hydrogen-bond acceptors (Lipinski definition) is 3. The fraction of sp³-hybridized carbons (Fsp3) is 0.609. The van der Waals surface area contributed by atoms with Crippen molar-refractivity contribution in [3.8, 4) is 5.75 Å². The highest BCUT2D eigenvalue weighted by Crippen LogP contribution is 2.45. The van der Waals surface area contributed by atoms with Crippen LogP contribution < -0.4 is 15.0 Å². The monoisotopic (exact) mass is 372 g/mol. The normalized spacial score (nSPS) is 25.6. The zero-order valence-corrected chi connectivity index (χ0v) is 17.8. The van der Waals surface area contributed by atoms with Crippen molar-refractivity contribution < 1.29 is 9.53 Å². The molecule has 1 fully saturated rings. The molecule has 1 amide bonds. The minimum Gasteiger partial charge on any atom is -0.497 e. The summed E-state index contributed by atoms with van der Waals surface area (Å²) in [6.45, 7) is 13.1. The van der Waals surface area contributed by atoms with Crippen LogP contribution in [0.5, 0.6) is 5.75 Å². The second kappa shape index (κ2) is 8.37. The quantitative estimate of drug-likeness (QED) is 0.739. The molecule has 0 aliphatic heterocycles. The summed E-state index contributed by atoms with van der Waals surface area (Å²) < 4.78 is 5.25. The molecule has 3 atom stereocenters. The van der Waals surface area contributed by atoms with Gasteiger partial charge in [-0.3, -0.25) is 4.79 Å². The number of amides is 1. The number of nitrogens with one attached hydrogen (secondary N) is 1. The molecule has 0 bridgehead atoms. The fourth-order valence-corrected chi connectivity index (χ4v) is 4.08. The molecule has 0 radical (unpaired) electrons. The van der Waals surface area contributed by atoms with Crippen molar-refractivity contribution in [1.82, 2.24) is 5.32 Å². The number of ether oxygens (including phenoxy) is 1. The van der Waals surface area contributed by atoms with Crippen molar-refractivity contribution in [2.24, 2.45) is 17.3 Å². The van der Waals surface area contributed by atoms with E-state index in [0.717, 1.165) is 37.2 Å². The topological polar surface area (TPSA) is 41.6 Å². The van der Waals surface area contributed by atoms with Crippen LogP contribution in [-0.2, 0) is 4.79 Å². The number of allylic oxidation sites excluding steroid dienone is 1. The Kier molecular flexibility index (Phi) is 6.61. The Morgan fingerprint density at radius 1 is 1.33 bits per heavy atom. The van der Waals surface area contributed by atoms with Crippen molar-refractivity contribution in [2.45, 2.75) is 52.5 Å². The lowest BCUT2D eigenvalue weighted by molar-refractivity contribution is -0.137. The first kappa shape index (κ1) is 21.3. The van der Waals surface area contributed by atoms with Gasteiger partial charge in [-0.15, -0.1) is 6.58 Å². The van der Waals surface area contributed by atoms with Gasteiger partial charge in [0.2, 0.25) is 5.91 Å². The van der Waals surface area contributed by atoms with Crippen molar-refractivity contribution >= 4 is 11.6 Å². The highest BCUT2D eigenvalue weighted by atomic mass is 16.5. The maximum Gasteiger partial charge on any atom is 0.226 e. The van der Waals surface area contributed by atoms with Crippen LogP contribution in [-0.4, -0.2) is 32.1 Å². The molecule has 4 heteroatoms. The van der Waals surface area contributed by atoms with Gasteiger partial charge in [0, 0.05) is 24.8 Å². The minimum absolute atomic E-state index is 0.162. The zero-order chi connectivity index (χ0) is 20.2. The van der Waals surface area contributed by atoms with Gasteiger partial charge in [0.1, 0.15) is 5.75 Å². The smallest absolute Gasteiger partial charge is 0.226 e. The van der Waals surface area contributed by atoms with E-state index in [9.17, 15) is 4.79 Å². The minimum atomic E-state index is -0.398. The lowest BCUT2D eigenvalue weighted by Crippen LogP contribution is -2.54. The Labute approximate surface area is 165 Å². The van der Waals surface area contributed by atoms with Crippen LogP contribution in [0.3, 0.4) is 0 Å². The van der Waals surface area contributed by atoms with Crippen LogP contribution >= 0.6 is 0 Å². The molecule has 0 saturated heterocycles. The van der Waals surface area contributed by atoms with Crippen LogP contribution in [0.4, 0.5) is 5.69 Å². The lowest BCUT2D eigenvalue weighted by atomic mass is 9.63. The molecule has 1 aromatic rings. The summed E-state index contributed by atoms with van der Waals surface area (Å²) in [6, 6.07) is 8.10. The second-order valence-electron chi connectivity index (χ2n) is 9.17. The second-order valence-corrected chi connectivity index (χ2v) is 9.17. The summed E-state index contributed by atoms with van der Waals surface area (Å²) >= 11 is 0. The van der Waals surface area contributed by atoms with E-state index in [4.69, 9.17) is 4.74 Å². The van der Waals surface area contributed by atoms with Gasteiger partial charge in [0.15, 0.2) is 0 Å². The zero-order valence-electron chi connectivity index (χ0n) is 17.8. The SMILES string of the molecule is C=C[C@@H]1CC[C@@H](CN(C)c2ccc(OC)cc2)[C@@](C)(C(=O)NC(C)(C)C)C1. The third kappa shape index (κ3) is 5.27. The predicted molar refractivity (Wildman–Crippen MR) is 113 cm³/mol. The summed E-state index contributed by atoms with van der Waals surface area (Å²) in [5.74, 6) is 1.72. The Bertz CT molecular complexity index is 647. The van der Waals surface area contributed by atoms with E-state index < -0.39 is 5.41 Å². The average molecular weight is 373 g/mol. The molecule has 0 aromatic heterocycles. The molecule has 4 nitrogen and oxygen atoms in total. The number of anilines is 1. The van der Waals surface area contributed by atoms with E-state index in [1.807, 2.05) is 39.0 Å². The maximum atomic E-state index is 13.2. The van der Waals surface area contributed by atoms with Crippen molar-refractivity contribution in [1.29, 1.82) is 0 Å². The molecular formula is C23H36N2O2. The van der Waals surface area contributed by atoms with Gasteiger partial charge in [-0.1, -0.05) is 13.0 Å². The van der Waals surface area contributed by atoms with Gasteiger partial charge in [-0.05, 0) is 76.1 Å². The molecule has 1 aromatic carbocycles. The van der Waals surface area contributed by atoms with Gasteiger partial charge in [0.05, 0.1) is 12.5 Å². The number of carbonyl (C=O) groups is 1. The number of rotatable bonds is 6. The van der Waals surface area contributed by atoms with Crippen LogP contribution in [0.1, 0.15) is 47.0 Å². The maximum absolute atomic E-state index is 13.2. The van der Waals surface area contributed by atoms with Crippen molar-refractivity contribution in [3.05, 3.63) is 36.9 Å². The third-order valence-electron chi connectivity index (χ3n) is 5.82. The Balaban J connectivity index is 2.20. The number of methoxy groups -OCH3 is 1. The highest BCUT2D eigenvalue weighted by molar-refractivity contribution is 5.83. The first-order valence-electron chi connectivity index (χ1n) is 9.89. The first-order valence-corrected chi connectivity index (χ1v) is 9.89. The van der Waals surface area contributed by atoms with Crippen molar-refractivity contribution in [3.63, 3.8) is 0 Å². The number of nitrogens with zero attached hydrogens (tertiary/aromatic N) is 1. The number of carbonyl (C=O) groups excluding carboxylic acids is 1. The standard InChI is InChI=1S/C23H36N2O2/c1-8-17-9-10-18(23(5,15-17)21(26)24-22(2,3)4)16-25(6)19-11-13-20(27-7)14-12-19/h8,11-14,17-18H,1,9-10,15-16H2,2-7H3,(H,24,26)/t17-,18+,23+/m1/s1. The van der Waals surface area contributed by atoms with Gasteiger partial charge in [-0.25, -0.2) is 0 Å². The van der Waals surface area contributed by atoms with E-state index in [1.54, 1.807) is 7.11 Å².